The highest BCUT2D eigenvalue weighted by Crippen LogP contribution is 2.22. The van der Waals surface area contributed by atoms with Gasteiger partial charge in [-0.05, 0) is 19.3 Å². The van der Waals surface area contributed by atoms with Gasteiger partial charge in [-0.15, -0.1) is 0 Å². The second-order valence-electron chi connectivity index (χ2n) is 7.31. The number of guanidine groups is 1. The highest BCUT2D eigenvalue weighted by molar-refractivity contribution is 5.79. The van der Waals surface area contributed by atoms with Gasteiger partial charge in [-0.25, -0.2) is 9.98 Å². The Kier molecular flexibility index (Phi) is 8.82. The molecule has 0 aliphatic rings. The summed E-state index contributed by atoms with van der Waals surface area (Å²) in [6.07, 6.45) is 2.74. The number of aromatic nitrogens is 1. The third-order valence-electron chi connectivity index (χ3n) is 3.22. The molecule has 0 bridgehead atoms. The van der Waals surface area contributed by atoms with Crippen LogP contribution in [0.25, 0.3) is 0 Å². The Balaban J connectivity index is 2.40. The molecular weight excluding hydrogens is 304 g/mol. The van der Waals surface area contributed by atoms with Gasteiger partial charge in [0.15, 0.2) is 5.96 Å². The lowest BCUT2D eigenvalue weighted by Crippen LogP contribution is -2.38. The van der Waals surface area contributed by atoms with Crippen LogP contribution in [-0.2, 0) is 16.7 Å². The van der Waals surface area contributed by atoms with Crippen molar-refractivity contribution >= 4 is 5.96 Å². The number of hydrogen-bond donors (Lipinski definition) is 2. The first-order chi connectivity index (χ1) is 11.3. The lowest BCUT2D eigenvalue weighted by molar-refractivity contribution is 0.108. The van der Waals surface area contributed by atoms with E-state index >= 15 is 0 Å². The van der Waals surface area contributed by atoms with Crippen molar-refractivity contribution in [2.24, 2.45) is 10.9 Å². The molecule has 0 spiro atoms. The van der Waals surface area contributed by atoms with Crippen LogP contribution < -0.4 is 10.6 Å². The van der Waals surface area contributed by atoms with E-state index in [0.29, 0.717) is 18.4 Å². The number of oxazole rings is 1. The third-order valence-corrected chi connectivity index (χ3v) is 3.22. The molecule has 1 heterocycles. The molecule has 1 rings (SSSR count). The van der Waals surface area contributed by atoms with Crippen molar-refractivity contribution in [1.82, 2.24) is 15.6 Å². The molecule has 0 fully saturated rings. The quantitative estimate of drug-likeness (QED) is 0.411. The van der Waals surface area contributed by atoms with E-state index in [1.165, 1.54) is 0 Å². The smallest absolute Gasteiger partial charge is 0.216 e. The number of nitrogens with one attached hydrogen (secondary N) is 2. The van der Waals surface area contributed by atoms with Crippen molar-refractivity contribution in [3.8, 4) is 0 Å². The molecule has 2 N–H and O–H groups in total. The SMILES string of the molecule is CCNC(=NCc1ncc(C(C)(C)C)o1)NCCCOCC(C)C. The van der Waals surface area contributed by atoms with Crippen molar-refractivity contribution in [2.75, 3.05) is 26.3 Å². The molecule has 0 atom stereocenters. The molecule has 0 aromatic carbocycles. The minimum atomic E-state index is -0.0340. The maximum atomic E-state index is 5.76. The van der Waals surface area contributed by atoms with Crippen LogP contribution in [0.3, 0.4) is 0 Å². The fourth-order valence-corrected chi connectivity index (χ4v) is 1.92. The van der Waals surface area contributed by atoms with Crippen LogP contribution in [0.2, 0.25) is 0 Å². The number of hydrogen-bond acceptors (Lipinski definition) is 4. The van der Waals surface area contributed by atoms with E-state index in [1.807, 2.05) is 6.92 Å². The van der Waals surface area contributed by atoms with Gasteiger partial charge in [-0.2, -0.15) is 0 Å². The normalized spacial score (nSPS) is 12.7. The fraction of sp³-hybridized carbons (Fsp3) is 0.778. The molecule has 1 aromatic rings. The molecule has 0 aliphatic heterocycles. The third kappa shape index (κ3) is 8.34. The molecule has 0 amide bonds. The Hall–Kier alpha value is -1.56. The standard InChI is InChI=1S/C18H34N4O2/c1-7-19-17(20-9-8-10-23-13-14(2)3)22-12-16-21-11-15(24-16)18(4,5)6/h11,14H,7-10,12-13H2,1-6H3,(H2,19,20,22). The lowest BCUT2D eigenvalue weighted by atomic mass is 9.94. The van der Waals surface area contributed by atoms with Crippen LogP contribution >= 0.6 is 0 Å². The largest absolute Gasteiger partial charge is 0.443 e. The van der Waals surface area contributed by atoms with Gasteiger partial charge in [0, 0.05) is 31.7 Å². The Morgan fingerprint density at radius 2 is 2.08 bits per heavy atom. The van der Waals surface area contributed by atoms with E-state index in [2.05, 4.69) is 55.2 Å². The summed E-state index contributed by atoms with van der Waals surface area (Å²) >= 11 is 0. The van der Waals surface area contributed by atoms with Crippen molar-refractivity contribution in [2.45, 2.75) is 59.9 Å². The average molecular weight is 338 g/mol. The molecule has 0 unspecified atom stereocenters. The van der Waals surface area contributed by atoms with Gasteiger partial charge in [0.05, 0.1) is 6.20 Å². The van der Waals surface area contributed by atoms with E-state index < -0.39 is 0 Å². The number of rotatable bonds is 9. The zero-order chi connectivity index (χ0) is 18.0. The van der Waals surface area contributed by atoms with Gasteiger partial charge in [-0.1, -0.05) is 34.6 Å². The average Bonchev–Trinajstić information content (AvgIpc) is 2.97. The minimum Gasteiger partial charge on any atom is -0.443 e. The number of ether oxygens (including phenoxy) is 1. The number of aliphatic imine (C=N–C) groups is 1. The Morgan fingerprint density at radius 1 is 1.33 bits per heavy atom. The maximum Gasteiger partial charge on any atom is 0.216 e. The van der Waals surface area contributed by atoms with Gasteiger partial charge in [-0.3, -0.25) is 0 Å². The maximum absolute atomic E-state index is 5.76. The topological polar surface area (TPSA) is 71.7 Å². The lowest BCUT2D eigenvalue weighted by Gasteiger charge is -2.13. The summed E-state index contributed by atoms with van der Waals surface area (Å²) in [7, 11) is 0. The summed E-state index contributed by atoms with van der Waals surface area (Å²) in [5.41, 5.74) is -0.0340. The van der Waals surface area contributed by atoms with Crippen LogP contribution in [0.4, 0.5) is 0 Å². The molecule has 6 nitrogen and oxygen atoms in total. The second-order valence-corrected chi connectivity index (χ2v) is 7.31. The summed E-state index contributed by atoms with van der Waals surface area (Å²) in [5, 5.41) is 6.53. The van der Waals surface area contributed by atoms with E-state index in [4.69, 9.17) is 9.15 Å². The zero-order valence-electron chi connectivity index (χ0n) is 16.1. The first kappa shape index (κ1) is 20.5. The van der Waals surface area contributed by atoms with Crippen LogP contribution in [0.15, 0.2) is 15.6 Å². The molecule has 1 aromatic heterocycles. The molecule has 6 heteroatoms. The van der Waals surface area contributed by atoms with Gasteiger partial charge in [0.1, 0.15) is 12.3 Å². The predicted octanol–water partition coefficient (Wildman–Crippen LogP) is 3.09. The molecular formula is C18H34N4O2. The monoisotopic (exact) mass is 338 g/mol. The van der Waals surface area contributed by atoms with Crippen molar-refractivity contribution in [3.05, 3.63) is 17.8 Å². The summed E-state index contributed by atoms with van der Waals surface area (Å²) in [6, 6.07) is 0. The van der Waals surface area contributed by atoms with Crippen LogP contribution in [0.5, 0.6) is 0 Å². The molecule has 24 heavy (non-hydrogen) atoms. The zero-order valence-corrected chi connectivity index (χ0v) is 16.1. The first-order valence-electron chi connectivity index (χ1n) is 8.88. The summed E-state index contributed by atoms with van der Waals surface area (Å²) in [4.78, 5) is 8.83. The van der Waals surface area contributed by atoms with Gasteiger partial charge >= 0.3 is 0 Å². The first-order valence-corrected chi connectivity index (χ1v) is 8.88. The molecule has 0 saturated carbocycles. The molecule has 0 aliphatic carbocycles. The van der Waals surface area contributed by atoms with E-state index in [-0.39, 0.29) is 5.41 Å². The van der Waals surface area contributed by atoms with Crippen molar-refractivity contribution in [3.63, 3.8) is 0 Å². The summed E-state index contributed by atoms with van der Waals surface area (Å²) in [5.74, 6) is 2.87. The van der Waals surface area contributed by atoms with E-state index in [1.54, 1.807) is 6.20 Å². The predicted molar refractivity (Wildman–Crippen MR) is 98.3 cm³/mol. The van der Waals surface area contributed by atoms with Gasteiger partial charge in [0.2, 0.25) is 5.89 Å². The van der Waals surface area contributed by atoms with Crippen molar-refractivity contribution in [1.29, 1.82) is 0 Å². The summed E-state index contributed by atoms with van der Waals surface area (Å²) < 4.78 is 11.3. The van der Waals surface area contributed by atoms with Gasteiger partial charge < -0.3 is 19.8 Å². The van der Waals surface area contributed by atoms with Crippen LogP contribution in [0, 0.1) is 5.92 Å². The highest BCUT2D eigenvalue weighted by atomic mass is 16.5. The Bertz CT molecular complexity index is 489. The van der Waals surface area contributed by atoms with E-state index in [0.717, 1.165) is 44.4 Å². The minimum absolute atomic E-state index is 0.0340. The van der Waals surface area contributed by atoms with Crippen molar-refractivity contribution < 1.29 is 9.15 Å². The second kappa shape index (κ2) is 10.3. The summed E-state index contributed by atoms with van der Waals surface area (Å²) in [6.45, 7) is 16.3. The Morgan fingerprint density at radius 3 is 2.67 bits per heavy atom. The Labute approximate surface area is 146 Å². The molecule has 138 valence electrons. The van der Waals surface area contributed by atoms with Gasteiger partial charge in [0.25, 0.3) is 0 Å². The molecule has 0 radical (unpaired) electrons. The number of nitrogens with zero attached hydrogens (tertiary/aromatic N) is 2. The highest BCUT2D eigenvalue weighted by Gasteiger charge is 2.18. The molecule has 0 saturated heterocycles. The van der Waals surface area contributed by atoms with E-state index in [9.17, 15) is 0 Å². The fourth-order valence-electron chi connectivity index (χ4n) is 1.92. The van der Waals surface area contributed by atoms with Crippen LogP contribution in [0.1, 0.15) is 59.6 Å². The van der Waals surface area contributed by atoms with Crippen LogP contribution in [-0.4, -0.2) is 37.2 Å².